The molecule has 3 heterocycles. The number of hydrogen-bond acceptors (Lipinski definition) is 5. The number of hydrogen-bond donors (Lipinski definition) is 0. The summed E-state index contributed by atoms with van der Waals surface area (Å²) in [7, 11) is 0. The highest BCUT2D eigenvalue weighted by Gasteiger charge is 2.09. The lowest BCUT2D eigenvalue weighted by atomic mass is 10.3. The van der Waals surface area contributed by atoms with Gasteiger partial charge in [0, 0.05) is 31.0 Å². The molecule has 0 saturated heterocycles. The average molecular weight is 251 g/mol. The topological polar surface area (TPSA) is 73.6 Å². The summed E-state index contributed by atoms with van der Waals surface area (Å²) in [5.41, 5.74) is 1.07. The standard InChI is InChI=1S/C13H9N5O/c19-13(18-6-5-14-9-18)10-7-16-12(17-8-10)11-3-1-2-4-15-11/h1-9H. The van der Waals surface area contributed by atoms with E-state index in [2.05, 4.69) is 19.9 Å². The van der Waals surface area contributed by atoms with Crippen molar-refractivity contribution in [3.63, 3.8) is 0 Å². The summed E-state index contributed by atoms with van der Waals surface area (Å²) in [6.45, 7) is 0. The Morgan fingerprint density at radius 3 is 2.53 bits per heavy atom. The van der Waals surface area contributed by atoms with Gasteiger partial charge in [-0.3, -0.25) is 14.3 Å². The molecule has 0 atom stereocenters. The predicted octanol–water partition coefficient (Wildman–Crippen LogP) is 1.42. The maximum absolute atomic E-state index is 12.0. The lowest BCUT2D eigenvalue weighted by Crippen LogP contribution is -2.10. The molecule has 0 unspecified atom stereocenters. The third kappa shape index (κ3) is 2.23. The zero-order valence-electron chi connectivity index (χ0n) is 9.84. The summed E-state index contributed by atoms with van der Waals surface area (Å²) in [5.74, 6) is 0.271. The van der Waals surface area contributed by atoms with E-state index in [1.54, 1.807) is 18.6 Å². The first-order valence-corrected chi connectivity index (χ1v) is 5.61. The Morgan fingerprint density at radius 2 is 1.89 bits per heavy atom. The van der Waals surface area contributed by atoms with Crippen molar-refractivity contribution in [1.82, 2.24) is 24.5 Å². The molecular formula is C13H9N5O. The van der Waals surface area contributed by atoms with Gasteiger partial charge in [0.2, 0.25) is 0 Å². The number of rotatable bonds is 2. The summed E-state index contributed by atoms with van der Waals surface area (Å²) in [6.07, 6.45) is 9.20. The van der Waals surface area contributed by atoms with Gasteiger partial charge in [0.1, 0.15) is 12.0 Å². The second kappa shape index (κ2) is 4.77. The summed E-state index contributed by atoms with van der Waals surface area (Å²) in [5, 5.41) is 0. The number of carbonyl (C=O) groups is 1. The monoisotopic (exact) mass is 251 g/mol. The van der Waals surface area contributed by atoms with Crippen molar-refractivity contribution in [2.45, 2.75) is 0 Å². The molecule has 92 valence electrons. The van der Waals surface area contributed by atoms with Crippen molar-refractivity contribution in [3.8, 4) is 11.5 Å². The number of nitrogens with zero attached hydrogens (tertiary/aromatic N) is 5. The van der Waals surface area contributed by atoms with E-state index in [4.69, 9.17) is 0 Å². The van der Waals surface area contributed by atoms with Crippen LogP contribution in [-0.4, -0.2) is 30.4 Å². The maximum Gasteiger partial charge on any atom is 0.266 e. The van der Waals surface area contributed by atoms with Crippen LogP contribution in [-0.2, 0) is 0 Å². The van der Waals surface area contributed by atoms with Gasteiger partial charge in [0.15, 0.2) is 5.82 Å². The van der Waals surface area contributed by atoms with Gasteiger partial charge in [-0.05, 0) is 12.1 Å². The lowest BCUT2D eigenvalue weighted by Gasteiger charge is -2.02. The molecule has 0 aromatic carbocycles. The van der Waals surface area contributed by atoms with Crippen LogP contribution in [0, 0.1) is 0 Å². The molecule has 0 aliphatic rings. The van der Waals surface area contributed by atoms with Gasteiger partial charge in [-0.25, -0.2) is 15.0 Å². The third-order valence-corrected chi connectivity index (χ3v) is 2.53. The number of carbonyl (C=O) groups excluding carboxylic acids is 1. The van der Waals surface area contributed by atoms with Crippen molar-refractivity contribution in [2.75, 3.05) is 0 Å². The Balaban J connectivity index is 1.90. The van der Waals surface area contributed by atoms with Crippen LogP contribution < -0.4 is 0 Å². The number of pyridine rings is 1. The normalized spacial score (nSPS) is 10.3. The summed E-state index contributed by atoms with van der Waals surface area (Å²) < 4.78 is 1.37. The quantitative estimate of drug-likeness (QED) is 0.688. The van der Waals surface area contributed by atoms with Crippen LogP contribution in [0.3, 0.4) is 0 Å². The molecule has 0 N–H and O–H groups in total. The third-order valence-electron chi connectivity index (χ3n) is 2.53. The average Bonchev–Trinajstić information content (AvgIpc) is 3.02. The van der Waals surface area contributed by atoms with Crippen LogP contribution >= 0.6 is 0 Å². The highest BCUT2D eigenvalue weighted by atomic mass is 16.2. The molecule has 0 amide bonds. The molecule has 0 radical (unpaired) electrons. The Bertz CT molecular complexity index is 677. The number of aromatic nitrogens is 5. The van der Waals surface area contributed by atoms with Crippen molar-refractivity contribution in [2.24, 2.45) is 0 Å². The van der Waals surface area contributed by atoms with Gasteiger partial charge in [-0.2, -0.15) is 0 Å². The minimum Gasteiger partial charge on any atom is -0.272 e. The molecule has 0 bridgehead atoms. The van der Waals surface area contributed by atoms with E-state index >= 15 is 0 Å². The summed E-state index contributed by atoms with van der Waals surface area (Å²) >= 11 is 0. The van der Waals surface area contributed by atoms with Gasteiger partial charge in [-0.1, -0.05) is 6.07 Å². The van der Waals surface area contributed by atoms with E-state index in [9.17, 15) is 4.79 Å². The first kappa shape index (κ1) is 11.2. The highest BCUT2D eigenvalue weighted by Crippen LogP contribution is 2.10. The lowest BCUT2D eigenvalue weighted by molar-refractivity contribution is 0.0959. The minimum atomic E-state index is -0.218. The van der Waals surface area contributed by atoms with Crippen molar-refractivity contribution >= 4 is 5.91 Å². The molecule has 0 aliphatic heterocycles. The van der Waals surface area contributed by atoms with Crippen LogP contribution in [0.25, 0.3) is 11.5 Å². The first-order chi connectivity index (χ1) is 9.34. The molecule has 0 saturated carbocycles. The SMILES string of the molecule is O=C(c1cnc(-c2ccccn2)nc1)n1ccnc1. The van der Waals surface area contributed by atoms with Crippen molar-refractivity contribution < 1.29 is 4.79 Å². The smallest absolute Gasteiger partial charge is 0.266 e. The van der Waals surface area contributed by atoms with Crippen LogP contribution in [0.1, 0.15) is 10.4 Å². The molecule has 0 fully saturated rings. The molecule has 3 aromatic heterocycles. The minimum absolute atomic E-state index is 0.218. The summed E-state index contributed by atoms with van der Waals surface area (Å²) in [4.78, 5) is 28.3. The molecule has 0 spiro atoms. The van der Waals surface area contributed by atoms with E-state index in [1.165, 1.54) is 23.3 Å². The van der Waals surface area contributed by atoms with Crippen LogP contribution in [0.4, 0.5) is 0 Å². The van der Waals surface area contributed by atoms with Crippen LogP contribution in [0.15, 0.2) is 55.5 Å². The van der Waals surface area contributed by atoms with E-state index in [1.807, 2.05) is 18.2 Å². The molecule has 6 heteroatoms. The van der Waals surface area contributed by atoms with Gasteiger partial charge in [-0.15, -0.1) is 0 Å². The van der Waals surface area contributed by atoms with E-state index < -0.39 is 0 Å². The maximum atomic E-state index is 12.0. The molecule has 3 aromatic rings. The Kier molecular flexibility index (Phi) is 2.82. The van der Waals surface area contributed by atoms with E-state index in [-0.39, 0.29) is 5.91 Å². The largest absolute Gasteiger partial charge is 0.272 e. The summed E-state index contributed by atoms with van der Waals surface area (Å²) in [6, 6.07) is 5.49. The van der Waals surface area contributed by atoms with Gasteiger partial charge >= 0.3 is 0 Å². The Morgan fingerprint density at radius 1 is 1.05 bits per heavy atom. The van der Waals surface area contributed by atoms with Crippen molar-refractivity contribution in [1.29, 1.82) is 0 Å². The fourth-order valence-corrected chi connectivity index (χ4v) is 1.59. The number of imidazole rings is 1. The van der Waals surface area contributed by atoms with E-state index in [0.717, 1.165) is 0 Å². The molecule has 3 rings (SSSR count). The fraction of sp³-hybridized carbons (Fsp3) is 0. The molecule has 6 nitrogen and oxygen atoms in total. The zero-order valence-corrected chi connectivity index (χ0v) is 9.84. The molecule has 19 heavy (non-hydrogen) atoms. The second-order valence-corrected chi connectivity index (χ2v) is 3.79. The molecule has 0 aliphatic carbocycles. The van der Waals surface area contributed by atoms with Gasteiger partial charge in [0.25, 0.3) is 5.91 Å². The van der Waals surface area contributed by atoms with Crippen LogP contribution in [0.5, 0.6) is 0 Å². The second-order valence-electron chi connectivity index (χ2n) is 3.79. The zero-order chi connectivity index (χ0) is 13.1. The van der Waals surface area contributed by atoms with Crippen molar-refractivity contribution in [3.05, 3.63) is 61.1 Å². The van der Waals surface area contributed by atoms with Crippen LogP contribution in [0.2, 0.25) is 0 Å². The molecular weight excluding hydrogens is 242 g/mol. The highest BCUT2D eigenvalue weighted by molar-refractivity contribution is 5.95. The van der Waals surface area contributed by atoms with E-state index in [0.29, 0.717) is 17.1 Å². The first-order valence-electron chi connectivity index (χ1n) is 5.61. The predicted molar refractivity (Wildman–Crippen MR) is 67.2 cm³/mol. The fourth-order valence-electron chi connectivity index (χ4n) is 1.59. The van der Waals surface area contributed by atoms with Gasteiger partial charge < -0.3 is 0 Å². The Hall–Kier alpha value is -2.89. The Labute approximate surface area is 108 Å². The van der Waals surface area contributed by atoms with Gasteiger partial charge in [0.05, 0.1) is 5.56 Å².